The number of aliphatic hydroxyl groups excluding tert-OH is 1. The van der Waals surface area contributed by atoms with Gasteiger partial charge in [-0.15, -0.1) is 0 Å². The van der Waals surface area contributed by atoms with Gasteiger partial charge in [0.25, 0.3) is 0 Å². The Balaban J connectivity index is 2.46. The number of carbonyl (C=O) groups excluding carboxylic acids is 1. The predicted octanol–water partition coefficient (Wildman–Crippen LogP) is 1.27. The van der Waals surface area contributed by atoms with E-state index in [-0.39, 0.29) is 18.7 Å². The van der Waals surface area contributed by atoms with Gasteiger partial charge >= 0.3 is 6.03 Å². The number of carbonyl (C=O) groups is 1. The number of aryl methyl sites for hydroxylation is 2. The van der Waals surface area contributed by atoms with Crippen molar-refractivity contribution in [3.63, 3.8) is 0 Å². The van der Waals surface area contributed by atoms with Crippen molar-refractivity contribution < 1.29 is 9.90 Å². The summed E-state index contributed by atoms with van der Waals surface area (Å²) in [5.41, 5.74) is 0.945. The van der Waals surface area contributed by atoms with Gasteiger partial charge in [0.2, 0.25) is 0 Å². The van der Waals surface area contributed by atoms with Crippen LogP contribution in [0.15, 0.2) is 6.07 Å². The van der Waals surface area contributed by atoms with Crippen LogP contribution in [-0.2, 0) is 13.5 Å². The molecule has 1 unspecified atom stereocenters. The van der Waals surface area contributed by atoms with Gasteiger partial charge in [0.1, 0.15) is 5.82 Å². The van der Waals surface area contributed by atoms with Gasteiger partial charge in [-0.1, -0.05) is 6.92 Å². The minimum absolute atomic E-state index is 0.0380. The van der Waals surface area contributed by atoms with E-state index in [2.05, 4.69) is 15.7 Å². The second kappa shape index (κ2) is 7.00. The third kappa shape index (κ3) is 4.37. The predicted molar refractivity (Wildman–Crippen MR) is 70.5 cm³/mol. The quantitative estimate of drug-likeness (QED) is 0.715. The topological polar surface area (TPSA) is 79.2 Å². The Labute approximate surface area is 107 Å². The first-order valence-corrected chi connectivity index (χ1v) is 6.28. The molecular weight excluding hydrogens is 232 g/mol. The van der Waals surface area contributed by atoms with Crippen LogP contribution in [0.1, 0.15) is 32.4 Å². The Kier molecular flexibility index (Phi) is 5.64. The molecule has 6 nitrogen and oxygen atoms in total. The third-order valence-electron chi connectivity index (χ3n) is 2.71. The zero-order valence-electron chi connectivity index (χ0n) is 11.2. The molecule has 0 aliphatic carbocycles. The summed E-state index contributed by atoms with van der Waals surface area (Å²) in [7, 11) is 1.80. The molecule has 1 heterocycles. The zero-order valence-corrected chi connectivity index (χ0v) is 11.2. The van der Waals surface area contributed by atoms with Crippen molar-refractivity contribution in [2.24, 2.45) is 7.05 Å². The highest BCUT2D eigenvalue weighted by molar-refractivity contribution is 5.88. The van der Waals surface area contributed by atoms with Crippen molar-refractivity contribution in [2.75, 3.05) is 11.9 Å². The minimum atomic E-state index is -0.244. The van der Waals surface area contributed by atoms with Crippen LogP contribution in [0, 0.1) is 0 Å². The monoisotopic (exact) mass is 254 g/mol. The maximum absolute atomic E-state index is 11.7. The van der Waals surface area contributed by atoms with Crippen molar-refractivity contribution >= 4 is 11.8 Å². The van der Waals surface area contributed by atoms with Crippen LogP contribution in [0.3, 0.4) is 0 Å². The second-order valence-electron chi connectivity index (χ2n) is 4.36. The Morgan fingerprint density at radius 3 is 2.89 bits per heavy atom. The molecule has 1 aromatic heterocycles. The van der Waals surface area contributed by atoms with Crippen LogP contribution in [0.5, 0.6) is 0 Å². The highest BCUT2D eigenvalue weighted by Crippen LogP contribution is 2.09. The molecule has 1 atom stereocenters. The van der Waals surface area contributed by atoms with Crippen molar-refractivity contribution in [1.29, 1.82) is 0 Å². The summed E-state index contributed by atoms with van der Waals surface area (Å²) in [6.07, 6.45) is 2.28. The summed E-state index contributed by atoms with van der Waals surface area (Å²) in [6, 6.07) is 1.65. The minimum Gasteiger partial charge on any atom is -0.396 e. The van der Waals surface area contributed by atoms with E-state index in [9.17, 15) is 4.79 Å². The fraction of sp³-hybridized carbons (Fsp3) is 0.667. The third-order valence-corrected chi connectivity index (χ3v) is 2.71. The van der Waals surface area contributed by atoms with E-state index in [0.29, 0.717) is 12.2 Å². The van der Waals surface area contributed by atoms with E-state index < -0.39 is 0 Å². The molecule has 2 amide bonds. The van der Waals surface area contributed by atoms with E-state index in [4.69, 9.17) is 5.11 Å². The number of hydrogen-bond donors (Lipinski definition) is 3. The number of rotatable bonds is 6. The molecule has 1 aromatic rings. The molecular formula is C12H22N4O2. The van der Waals surface area contributed by atoms with E-state index >= 15 is 0 Å². The summed E-state index contributed by atoms with van der Waals surface area (Å²) in [5.74, 6) is 0.679. The van der Waals surface area contributed by atoms with Crippen LogP contribution in [0.25, 0.3) is 0 Å². The number of hydrogen-bond acceptors (Lipinski definition) is 3. The van der Waals surface area contributed by atoms with Crippen molar-refractivity contribution in [3.05, 3.63) is 11.8 Å². The molecule has 0 fully saturated rings. The number of aliphatic hydroxyl groups is 1. The van der Waals surface area contributed by atoms with Crippen LogP contribution >= 0.6 is 0 Å². The highest BCUT2D eigenvalue weighted by atomic mass is 16.3. The molecule has 0 aromatic carbocycles. The lowest BCUT2D eigenvalue weighted by atomic mass is 10.2. The molecule has 18 heavy (non-hydrogen) atoms. The average molecular weight is 254 g/mol. The van der Waals surface area contributed by atoms with Crippen molar-refractivity contribution in [2.45, 2.75) is 39.2 Å². The molecule has 0 aliphatic rings. The zero-order chi connectivity index (χ0) is 13.5. The normalized spacial score (nSPS) is 12.2. The number of nitrogens with one attached hydrogen (secondary N) is 2. The number of nitrogens with zero attached hydrogens (tertiary/aromatic N) is 2. The summed E-state index contributed by atoms with van der Waals surface area (Å²) < 4.78 is 1.65. The Bertz CT molecular complexity index is 389. The Hall–Kier alpha value is -1.56. The molecule has 0 spiro atoms. The molecule has 6 heteroatoms. The number of urea groups is 1. The number of amides is 2. The van der Waals surface area contributed by atoms with E-state index in [0.717, 1.165) is 18.5 Å². The SMILES string of the molecule is CCc1cc(NC(=O)NC(C)CCCO)n(C)n1. The maximum atomic E-state index is 11.7. The first kappa shape index (κ1) is 14.5. The highest BCUT2D eigenvalue weighted by Gasteiger charge is 2.10. The van der Waals surface area contributed by atoms with Crippen LogP contribution in [-0.4, -0.2) is 33.6 Å². The van der Waals surface area contributed by atoms with Crippen LogP contribution < -0.4 is 10.6 Å². The summed E-state index contributed by atoms with van der Waals surface area (Å²) in [4.78, 5) is 11.7. The lowest BCUT2D eigenvalue weighted by Crippen LogP contribution is -2.36. The smallest absolute Gasteiger partial charge is 0.320 e. The maximum Gasteiger partial charge on any atom is 0.320 e. The molecule has 0 saturated carbocycles. The summed E-state index contributed by atoms with van der Waals surface area (Å²) in [5, 5.41) is 18.5. The Morgan fingerprint density at radius 2 is 2.33 bits per heavy atom. The van der Waals surface area contributed by atoms with E-state index in [1.807, 2.05) is 19.9 Å². The second-order valence-corrected chi connectivity index (χ2v) is 4.36. The van der Waals surface area contributed by atoms with Crippen molar-refractivity contribution in [3.8, 4) is 0 Å². The molecule has 0 bridgehead atoms. The molecule has 0 radical (unpaired) electrons. The molecule has 102 valence electrons. The largest absolute Gasteiger partial charge is 0.396 e. The first-order chi connectivity index (χ1) is 8.56. The van der Waals surface area contributed by atoms with Gasteiger partial charge in [0.05, 0.1) is 5.69 Å². The van der Waals surface area contributed by atoms with Crippen LogP contribution in [0.2, 0.25) is 0 Å². The summed E-state index contributed by atoms with van der Waals surface area (Å²) >= 11 is 0. The lowest BCUT2D eigenvalue weighted by molar-refractivity contribution is 0.245. The molecule has 0 saturated heterocycles. The van der Waals surface area contributed by atoms with E-state index in [1.54, 1.807) is 11.7 Å². The van der Waals surface area contributed by atoms with Gasteiger partial charge in [-0.2, -0.15) is 5.10 Å². The Morgan fingerprint density at radius 1 is 1.61 bits per heavy atom. The number of aromatic nitrogens is 2. The fourth-order valence-corrected chi connectivity index (χ4v) is 1.66. The first-order valence-electron chi connectivity index (χ1n) is 6.28. The van der Waals surface area contributed by atoms with Crippen LogP contribution in [0.4, 0.5) is 10.6 Å². The lowest BCUT2D eigenvalue weighted by Gasteiger charge is -2.13. The van der Waals surface area contributed by atoms with Gasteiger partial charge in [0, 0.05) is 25.8 Å². The van der Waals surface area contributed by atoms with Gasteiger partial charge in [-0.05, 0) is 26.2 Å². The molecule has 3 N–H and O–H groups in total. The average Bonchev–Trinajstić information content (AvgIpc) is 2.67. The fourth-order valence-electron chi connectivity index (χ4n) is 1.66. The van der Waals surface area contributed by atoms with Gasteiger partial charge < -0.3 is 10.4 Å². The number of anilines is 1. The molecule has 0 aliphatic heterocycles. The standard InChI is InChI=1S/C12H22N4O2/c1-4-10-8-11(16(3)15-10)14-12(18)13-9(2)6-5-7-17/h8-9,17H,4-7H2,1-3H3,(H2,13,14,18). The molecule has 1 rings (SSSR count). The van der Waals surface area contributed by atoms with Crippen molar-refractivity contribution in [1.82, 2.24) is 15.1 Å². The van der Waals surface area contributed by atoms with Gasteiger partial charge in [0.15, 0.2) is 0 Å². The van der Waals surface area contributed by atoms with Gasteiger partial charge in [-0.25, -0.2) is 4.79 Å². The van der Waals surface area contributed by atoms with Gasteiger partial charge in [-0.3, -0.25) is 10.00 Å². The van der Waals surface area contributed by atoms with E-state index in [1.165, 1.54) is 0 Å². The summed E-state index contributed by atoms with van der Waals surface area (Å²) in [6.45, 7) is 4.08.